The van der Waals surface area contributed by atoms with Gasteiger partial charge in [-0.05, 0) is 12.1 Å². The molecule has 6 nitrogen and oxygen atoms in total. The van der Waals surface area contributed by atoms with E-state index in [0.29, 0.717) is 0 Å². The first-order chi connectivity index (χ1) is 6.70. The van der Waals surface area contributed by atoms with E-state index in [1.165, 1.54) is 0 Å². The highest BCUT2D eigenvalue weighted by molar-refractivity contribution is 5.59. The highest BCUT2D eigenvalue weighted by Gasteiger charge is 1.97. The van der Waals surface area contributed by atoms with E-state index in [9.17, 15) is 0 Å². The van der Waals surface area contributed by atoms with Gasteiger partial charge in [0, 0.05) is 11.1 Å². The molecule has 0 amide bonds. The van der Waals surface area contributed by atoms with Gasteiger partial charge in [-0.15, -0.1) is 10.1 Å². The molecule has 0 spiro atoms. The summed E-state index contributed by atoms with van der Waals surface area (Å²) in [6, 6.07) is 3.79. The van der Waals surface area contributed by atoms with Crippen LogP contribution >= 0.6 is 0 Å². The number of nitrogens with zero attached hydrogens (tertiary/aromatic N) is 1. The van der Waals surface area contributed by atoms with Crippen LogP contribution in [-0.4, -0.2) is 10.3 Å². The molecule has 74 valence electrons. The van der Waals surface area contributed by atoms with Gasteiger partial charge in [-0.25, -0.2) is 0 Å². The maximum absolute atomic E-state index is 8.36. The Hall–Kier alpha value is -2.24. The molecule has 0 fully saturated rings. The smallest absolute Gasteiger partial charge is 0.291 e. The zero-order valence-electron chi connectivity index (χ0n) is 6.99. The van der Waals surface area contributed by atoms with Crippen LogP contribution in [-0.2, 0) is 0 Å². The predicted octanol–water partition coefficient (Wildman–Crippen LogP) is 2.19. The van der Waals surface area contributed by atoms with E-state index in [-0.39, 0.29) is 0 Å². The van der Waals surface area contributed by atoms with E-state index >= 15 is 0 Å². The molecule has 0 aliphatic rings. The van der Waals surface area contributed by atoms with Crippen LogP contribution in [0.25, 0.3) is 11.1 Å². The first-order valence-corrected chi connectivity index (χ1v) is 3.58. The zero-order chi connectivity index (χ0) is 10.4. The molecule has 2 rings (SSSR count). The Morgan fingerprint density at radius 2 is 1.50 bits per heavy atom. The average Bonchev–Trinajstić information content (AvgIpc) is 2.76. The first kappa shape index (κ1) is 9.85. The van der Waals surface area contributed by atoms with Crippen molar-refractivity contribution in [2.45, 2.75) is 0 Å². The number of hydrogen-bond acceptors (Lipinski definition) is 4. The fourth-order valence-corrected chi connectivity index (χ4v) is 0.857. The topological polar surface area (TPSA) is 89.7 Å². The third-order valence-corrected chi connectivity index (χ3v) is 1.38. The van der Waals surface area contributed by atoms with Crippen molar-refractivity contribution in [2.24, 2.45) is 0 Å². The summed E-state index contributed by atoms with van der Waals surface area (Å²) in [6.07, 6.45) is 6.65. The SMILES string of the molecule is O=[N+]([O-])O.c1cc(-c2ccoc2)co1. The largest absolute Gasteiger partial charge is 0.472 e. The summed E-state index contributed by atoms with van der Waals surface area (Å²) in [4.78, 5) is 8.36. The molecule has 2 aromatic rings. The highest BCUT2D eigenvalue weighted by atomic mass is 16.9. The maximum atomic E-state index is 8.36. The third-order valence-electron chi connectivity index (χ3n) is 1.38. The third kappa shape index (κ3) is 3.02. The molecule has 0 bridgehead atoms. The molecular formula is C8H7NO5. The lowest BCUT2D eigenvalue weighted by molar-refractivity contribution is -0.742. The Morgan fingerprint density at radius 3 is 1.71 bits per heavy atom. The van der Waals surface area contributed by atoms with Gasteiger partial charge in [0.05, 0.1) is 25.1 Å². The summed E-state index contributed by atoms with van der Waals surface area (Å²) in [5, 5.41) is 13.6. The molecule has 0 aliphatic carbocycles. The second-order valence-corrected chi connectivity index (χ2v) is 2.26. The van der Waals surface area contributed by atoms with Crippen molar-refractivity contribution in [3.8, 4) is 11.1 Å². The van der Waals surface area contributed by atoms with Gasteiger partial charge in [0.25, 0.3) is 5.09 Å². The standard InChI is InChI=1S/C8H6O2.HNO3/c1-3-9-5-7(1)8-2-4-10-6-8;2-1(3)4/h1-6H;(H,2,3,4). The minimum atomic E-state index is -1.50. The Bertz CT molecular complexity index is 328. The van der Waals surface area contributed by atoms with E-state index in [2.05, 4.69) is 0 Å². The van der Waals surface area contributed by atoms with E-state index in [4.69, 9.17) is 24.2 Å². The molecule has 14 heavy (non-hydrogen) atoms. The molecule has 0 atom stereocenters. The monoisotopic (exact) mass is 197 g/mol. The van der Waals surface area contributed by atoms with Crippen LogP contribution in [0.5, 0.6) is 0 Å². The quantitative estimate of drug-likeness (QED) is 0.559. The Kier molecular flexibility index (Phi) is 3.31. The zero-order valence-corrected chi connectivity index (χ0v) is 6.99. The van der Waals surface area contributed by atoms with Gasteiger partial charge in [-0.2, -0.15) is 0 Å². The van der Waals surface area contributed by atoms with Crippen LogP contribution in [0.4, 0.5) is 0 Å². The molecule has 1 N–H and O–H groups in total. The summed E-state index contributed by atoms with van der Waals surface area (Å²) in [5.41, 5.74) is 2.10. The first-order valence-electron chi connectivity index (χ1n) is 3.58. The van der Waals surface area contributed by atoms with Crippen molar-refractivity contribution in [1.29, 1.82) is 0 Å². The summed E-state index contributed by atoms with van der Waals surface area (Å²) in [5.74, 6) is 0. The van der Waals surface area contributed by atoms with Gasteiger partial charge in [-0.1, -0.05) is 0 Å². The summed E-state index contributed by atoms with van der Waals surface area (Å²) in [6.45, 7) is 0. The molecule has 2 aromatic heterocycles. The van der Waals surface area contributed by atoms with Gasteiger partial charge in [0.1, 0.15) is 0 Å². The minimum absolute atomic E-state index is 1.05. The minimum Gasteiger partial charge on any atom is -0.472 e. The summed E-state index contributed by atoms with van der Waals surface area (Å²) < 4.78 is 9.79. The van der Waals surface area contributed by atoms with E-state index in [1.807, 2.05) is 12.1 Å². The fraction of sp³-hybridized carbons (Fsp3) is 0. The Labute approximate surface area is 78.5 Å². The lowest BCUT2D eigenvalue weighted by atomic mass is 10.2. The van der Waals surface area contributed by atoms with Crippen LogP contribution in [0.1, 0.15) is 0 Å². The van der Waals surface area contributed by atoms with Crippen molar-refractivity contribution in [3.63, 3.8) is 0 Å². The van der Waals surface area contributed by atoms with Crippen LogP contribution in [0.3, 0.4) is 0 Å². The number of hydrogen-bond donors (Lipinski definition) is 1. The predicted molar refractivity (Wildman–Crippen MR) is 45.2 cm³/mol. The van der Waals surface area contributed by atoms with Crippen molar-refractivity contribution in [2.75, 3.05) is 0 Å². The van der Waals surface area contributed by atoms with E-state index in [1.54, 1.807) is 25.1 Å². The van der Waals surface area contributed by atoms with Crippen molar-refractivity contribution < 1.29 is 19.1 Å². The lowest BCUT2D eigenvalue weighted by Crippen LogP contribution is -1.81. The number of rotatable bonds is 1. The van der Waals surface area contributed by atoms with Crippen LogP contribution < -0.4 is 0 Å². The molecule has 6 heteroatoms. The molecule has 0 unspecified atom stereocenters. The van der Waals surface area contributed by atoms with Crippen molar-refractivity contribution in [1.82, 2.24) is 0 Å². The summed E-state index contributed by atoms with van der Waals surface area (Å²) >= 11 is 0. The Balaban J connectivity index is 0.000000213. The van der Waals surface area contributed by atoms with Gasteiger partial charge in [0.15, 0.2) is 0 Å². The Morgan fingerprint density at radius 1 is 1.14 bits per heavy atom. The van der Waals surface area contributed by atoms with E-state index in [0.717, 1.165) is 11.1 Å². The van der Waals surface area contributed by atoms with Crippen LogP contribution in [0.2, 0.25) is 0 Å². The molecule has 0 aromatic carbocycles. The summed E-state index contributed by atoms with van der Waals surface area (Å²) in [7, 11) is 0. The molecule has 0 saturated heterocycles. The fourth-order valence-electron chi connectivity index (χ4n) is 0.857. The maximum Gasteiger partial charge on any atom is 0.291 e. The van der Waals surface area contributed by atoms with Gasteiger partial charge in [0.2, 0.25) is 0 Å². The van der Waals surface area contributed by atoms with Crippen molar-refractivity contribution >= 4 is 0 Å². The molecule has 0 saturated carbocycles. The normalized spacial score (nSPS) is 8.86. The molecule has 2 heterocycles. The second-order valence-electron chi connectivity index (χ2n) is 2.26. The van der Waals surface area contributed by atoms with Gasteiger partial charge in [-0.3, -0.25) is 0 Å². The average molecular weight is 197 g/mol. The molecule has 0 aliphatic heterocycles. The number of furan rings is 2. The van der Waals surface area contributed by atoms with Crippen molar-refractivity contribution in [3.05, 3.63) is 47.3 Å². The lowest BCUT2D eigenvalue weighted by Gasteiger charge is -1.82. The molecular weight excluding hydrogens is 190 g/mol. The highest BCUT2D eigenvalue weighted by Crippen LogP contribution is 2.18. The van der Waals surface area contributed by atoms with E-state index < -0.39 is 5.09 Å². The van der Waals surface area contributed by atoms with Crippen LogP contribution in [0, 0.1) is 10.1 Å². The molecule has 0 radical (unpaired) electrons. The van der Waals surface area contributed by atoms with Gasteiger partial charge < -0.3 is 14.0 Å². The van der Waals surface area contributed by atoms with Gasteiger partial charge >= 0.3 is 0 Å². The second kappa shape index (κ2) is 4.70. The van der Waals surface area contributed by atoms with Crippen LogP contribution in [0.15, 0.2) is 46.0 Å².